The Kier molecular flexibility index (Phi) is 4.54. The first-order chi connectivity index (χ1) is 9.65. The molecule has 2 N–H and O–H groups in total. The molecule has 0 amide bonds. The molecule has 0 aliphatic heterocycles. The van der Waals surface area contributed by atoms with Crippen molar-refractivity contribution in [3.63, 3.8) is 0 Å². The van der Waals surface area contributed by atoms with Crippen LogP contribution < -0.4 is 4.72 Å². The van der Waals surface area contributed by atoms with Crippen LogP contribution in [0.1, 0.15) is 24.0 Å². The van der Waals surface area contributed by atoms with Gasteiger partial charge in [-0.15, -0.1) is 0 Å². The molecule has 1 fully saturated rings. The lowest BCUT2D eigenvalue weighted by atomic mass is 10.2. The van der Waals surface area contributed by atoms with Gasteiger partial charge < -0.3 is 5.11 Å². The maximum atomic E-state index is 12.5. The van der Waals surface area contributed by atoms with Gasteiger partial charge in [-0.3, -0.25) is 4.79 Å². The first-order valence-electron chi connectivity index (χ1n) is 6.35. The van der Waals surface area contributed by atoms with Crippen LogP contribution in [0.4, 0.5) is 0 Å². The van der Waals surface area contributed by atoms with E-state index in [1.807, 2.05) is 0 Å². The minimum Gasteiger partial charge on any atom is -0.480 e. The van der Waals surface area contributed by atoms with Crippen molar-refractivity contribution in [2.24, 2.45) is 5.92 Å². The van der Waals surface area contributed by atoms with E-state index in [0.717, 1.165) is 0 Å². The lowest BCUT2D eigenvalue weighted by Crippen LogP contribution is -2.42. The molecule has 0 heterocycles. The number of carbonyl (C=O) groups is 1. The second kappa shape index (κ2) is 5.76. The predicted molar refractivity (Wildman–Crippen MR) is 80.4 cm³/mol. The lowest BCUT2D eigenvalue weighted by Gasteiger charge is -2.17. The number of nitrogens with one attached hydrogen (secondary N) is 1. The molecular formula is C13H15Cl2NO4S. The van der Waals surface area contributed by atoms with Crippen LogP contribution in [0, 0.1) is 19.8 Å². The third-order valence-electron chi connectivity index (χ3n) is 3.50. The molecule has 8 heteroatoms. The maximum absolute atomic E-state index is 12.5. The van der Waals surface area contributed by atoms with E-state index in [-0.39, 0.29) is 20.9 Å². The van der Waals surface area contributed by atoms with E-state index in [4.69, 9.17) is 28.3 Å². The Labute approximate surface area is 133 Å². The van der Waals surface area contributed by atoms with Crippen molar-refractivity contribution in [2.45, 2.75) is 37.6 Å². The number of hydrogen-bond acceptors (Lipinski definition) is 3. The molecule has 116 valence electrons. The van der Waals surface area contributed by atoms with Crippen molar-refractivity contribution in [1.82, 2.24) is 4.72 Å². The third kappa shape index (κ3) is 3.34. The number of rotatable bonds is 5. The van der Waals surface area contributed by atoms with Crippen LogP contribution >= 0.6 is 23.2 Å². The van der Waals surface area contributed by atoms with Crippen LogP contribution in [0.5, 0.6) is 0 Å². The summed E-state index contributed by atoms with van der Waals surface area (Å²) in [5.74, 6) is -1.36. The van der Waals surface area contributed by atoms with E-state index in [1.54, 1.807) is 13.0 Å². The Morgan fingerprint density at radius 1 is 1.38 bits per heavy atom. The fourth-order valence-electron chi connectivity index (χ4n) is 2.14. The van der Waals surface area contributed by atoms with Gasteiger partial charge in [0, 0.05) is 5.02 Å². The molecule has 1 unspecified atom stereocenters. The van der Waals surface area contributed by atoms with Crippen molar-refractivity contribution in [2.75, 3.05) is 0 Å². The highest BCUT2D eigenvalue weighted by Gasteiger charge is 2.40. The van der Waals surface area contributed by atoms with Gasteiger partial charge in [0.05, 0.1) is 5.02 Å². The Bertz CT molecular complexity index is 672. The lowest BCUT2D eigenvalue weighted by molar-refractivity contribution is -0.139. The summed E-state index contributed by atoms with van der Waals surface area (Å²) >= 11 is 12.1. The second-order valence-corrected chi connectivity index (χ2v) is 7.65. The summed E-state index contributed by atoms with van der Waals surface area (Å²) in [6.07, 6.45) is 1.39. The molecule has 0 spiro atoms. The van der Waals surface area contributed by atoms with Crippen LogP contribution in [0.3, 0.4) is 0 Å². The molecule has 5 nitrogen and oxygen atoms in total. The number of halogens is 2. The number of aryl methyl sites for hydroxylation is 1. The molecule has 1 atom stereocenters. The van der Waals surface area contributed by atoms with E-state index < -0.39 is 22.0 Å². The van der Waals surface area contributed by atoms with Crippen LogP contribution in [0.2, 0.25) is 10.0 Å². The number of hydrogen-bond donors (Lipinski definition) is 2. The summed E-state index contributed by atoms with van der Waals surface area (Å²) in [5.41, 5.74) is 0.825. The molecule has 2 rings (SSSR count). The first-order valence-corrected chi connectivity index (χ1v) is 8.59. The summed E-state index contributed by atoms with van der Waals surface area (Å²) < 4.78 is 27.3. The minimum absolute atomic E-state index is 0.0596. The Balaban J connectivity index is 2.47. The van der Waals surface area contributed by atoms with Gasteiger partial charge in [0.25, 0.3) is 0 Å². The number of carboxylic acid groups (broad SMARTS) is 1. The third-order valence-corrected chi connectivity index (χ3v) is 6.10. The average molecular weight is 352 g/mol. The molecule has 0 radical (unpaired) electrons. The molecule has 1 aromatic carbocycles. The zero-order valence-corrected chi connectivity index (χ0v) is 13.8. The molecule has 1 aliphatic carbocycles. The zero-order chi connectivity index (χ0) is 15.9. The van der Waals surface area contributed by atoms with Gasteiger partial charge in [-0.25, -0.2) is 8.42 Å². The SMILES string of the molecule is Cc1cc(Cl)c(C)c(S(=O)(=O)NC(C(=O)O)C2CC2)c1Cl. The van der Waals surface area contributed by atoms with Gasteiger partial charge in [-0.05, 0) is 49.8 Å². The maximum Gasteiger partial charge on any atom is 0.322 e. The molecule has 21 heavy (non-hydrogen) atoms. The van der Waals surface area contributed by atoms with Gasteiger partial charge in [0.15, 0.2) is 0 Å². The van der Waals surface area contributed by atoms with E-state index in [9.17, 15) is 13.2 Å². The summed E-state index contributed by atoms with van der Waals surface area (Å²) in [4.78, 5) is 11.1. The minimum atomic E-state index is -4.06. The predicted octanol–water partition coefficient (Wildman–Crippen LogP) is 2.75. The molecule has 0 bridgehead atoms. The summed E-state index contributed by atoms with van der Waals surface area (Å²) in [6, 6.07) is 0.443. The van der Waals surface area contributed by atoms with Gasteiger partial charge in [0.2, 0.25) is 10.0 Å². The van der Waals surface area contributed by atoms with Gasteiger partial charge in [-0.2, -0.15) is 4.72 Å². The molecule has 1 aromatic rings. The fourth-order valence-corrected chi connectivity index (χ4v) is 4.61. The topological polar surface area (TPSA) is 83.5 Å². The summed E-state index contributed by atoms with van der Waals surface area (Å²) in [5, 5.41) is 9.49. The highest BCUT2D eigenvalue weighted by Crippen LogP contribution is 2.36. The molecule has 1 saturated carbocycles. The number of benzene rings is 1. The van der Waals surface area contributed by atoms with Crippen molar-refractivity contribution in [3.8, 4) is 0 Å². The fraction of sp³-hybridized carbons (Fsp3) is 0.462. The Morgan fingerprint density at radius 2 is 1.95 bits per heavy atom. The summed E-state index contributed by atoms with van der Waals surface area (Å²) in [7, 11) is -4.06. The Morgan fingerprint density at radius 3 is 2.43 bits per heavy atom. The number of aliphatic carboxylic acids is 1. The van der Waals surface area contributed by atoms with Crippen LogP contribution in [0.25, 0.3) is 0 Å². The van der Waals surface area contributed by atoms with Gasteiger partial charge in [0.1, 0.15) is 10.9 Å². The van der Waals surface area contributed by atoms with Gasteiger partial charge >= 0.3 is 5.97 Å². The largest absolute Gasteiger partial charge is 0.480 e. The Hall–Kier alpha value is -0.820. The molecule has 0 saturated heterocycles. The molecule has 1 aliphatic rings. The number of sulfonamides is 1. The second-order valence-electron chi connectivity index (χ2n) is 5.22. The van der Waals surface area contributed by atoms with Crippen LogP contribution in [0.15, 0.2) is 11.0 Å². The van der Waals surface area contributed by atoms with Crippen LogP contribution in [-0.4, -0.2) is 25.5 Å². The smallest absolute Gasteiger partial charge is 0.322 e. The van der Waals surface area contributed by atoms with E-state index in [0.29, 0.717) is 24.0 Å². The monoisotopic (exact) mass is 351 g/mol. The zero-order valence-electron chi connectivity index (χ0n) is 11.5. The van der Waals surface area contributed by atoms with E-state index in [1.165, 1.54) is 6.92 Å². The quantitative estimate of drug-likeness (QED) is 0.854. The molecular weight excluding hydrogens is 337 g/mol. The normalized spacial score (nSPS) is 16.8. The highest BCUT2D eigenvalue weighted by molar-refractivity contribution is 7.89. The van der Waals surface area contributed by atoms with E-state index in [2.05, 4.69) is 4.72 Å². The van der Waals surface area contributed by atoms with E-state index >= 15 is 0 Å². The van der Waals surface area contributed by atoms with Crippen molar-refractivity contribution in [1.29, 1.82) is 0 Å². The van der Waals surface area contributed by atoms with Crippen molar-refractivity contribution < 1.29 is 18.3 Å². The summed E-state index contributed by atoms with van der Waals surface area (Å²) in [6.45, 7) is 3.18. The van der Waals surface area contributed by atoms with Crippen LogP contribution in [-0.2, 0) is 14.8 Å². The first kappa shape index (κ1) is 16.5. The highest BCUT2D eigenvalue weighted by atomic mass is 35.5. The number of carboxylic acids is 1. The average Bonchev–Trinajstić information content (AvgIpc) is 3.17. The molecule has 0 aromatic heterocycles. The standard InChI is InChI=1S/C13H15Cl2NO4S/c1-6-5-9(14)7(2)12(10(6)15)21(19,20)16-11(13(17)18)8-3-4-8/h5,8,11,16H,3-4H2,1-2H3,(H,17,18). The van der Waals surface area contributed by atoms with Gasteiger partial charge in [-0.1, -0.05) is 23.2 Å². The van der Waals surface area contributed by atoms with Crippen molar-refractivity contribution in [3.05, 3.63) is 27.2 Å². The van der Waals surface area contributed by atoms with Crippen molar-refractivity contribution >= 4 is 39.2 Å².